The van der Waals surface area contributed by atoms with E-state index in [1.54, 1.807) is 16.7 Å². The highest BCUT2D eigenvalue weighted by Crippen LogP contribution is 2.11. The van der Waals surface area contributed by atoms with Crippen molar-refractivity contribution in [3.05, 3.63) is 0 Å². The number of nitrogens with two attached hydrogens (primary N) is 1. The van der Waals surface area contributed by atoms with Crippen LogP contribution in [0.4, 0.5) is 4.79 Å². The van der Waals surface area contributed by atoms with Crippen molar-refractivity contribution in [2.75, 3.05) is 32.8 Å². The van der Waals surface area contributed by atoms with Gasteiger partial charge in [0, 0.05) is 38.1 Å². The molecule has 0 atom stereocenters. The molecule has 2 N–H and O–H groups in total. The van der Waals surface area contributed by atoms with E-state index in [2.05, 4.69) is 0 Å². The smallest absolute Gasteiger partial charge is 0.409 e. The minimum atomic E-state index is -0.317. The molecule has 0 saturated carbocycles. The van der Waals surface area contributed by atoms with Gasteiger partial charge in [0.05, 0.1) is 6.61 Å². The van der Waals surface area contributed by atoms with Gasteiger partial charge in [-0.1, -0.05) is 0 Å². The van der Waals surface area contributed by atoms with Crippen molar-refractivity contribution in [2.24, 2.45) is 5.73 Å². The third kappa shape index (κ3) is 5.46. The average Bonchev–Trinajstić information content (AvgIpc) is 2.35. The fourth-order valence-corrected chi connectivity index (χ4v) is 1.94. The molecule has 1 rings (SSSR count). The largest absolute Gasteiger partial charge is 0.450 e. The summed E-state index contributed by atoms with van der Waals surface area (Å²) in [5, 5.41) is 0. The molecule has 0 aromatic carbocycles. The van der Waals surface area contributed by atoms with Crippen molar-refractivity contribution < 1.29 is 14.3 Å². The van der Waals surface area contributed by atoms with Gasteiger partial charge in [-0.2, -0.15) is 0 Å². The van der Waals surface area contributed by atoms with Gasteiger partial charge in [-0.3, -0.25) is 4.79 Å². The molecule has 1 aliphatic rings. The second kappa shape index (κ2) is 6.75. The second-order valence-electron chi connectivity index (χ2n) is 5.56. The molecule has 0 bridgehead atoms. The van der Waals surface area contributed by atoms with E-state index in [-0.39, 0.29) is 17.5 Å². The Bertz CT molecular complexity index is 318. The molecular weight excluding hydrogens is 246 g/mol. The lowest BCUT2D eigenvalue weighted by molar-refractivity contribution is -0.133. The van der Waals surface area contributed by atoms with E-state index < -0.39 is 0 Å². The molecule has 0 aliphatic carbocycles. The van der Waals surface area contributed by atoms with E-state index >= 15 is 0 Å². The van der Waals surface area contributed by atoms with Crippen LogP contribution < -0.4 is 5.73 Å². The zero-order valence-corrected chi connectivity index (χ0v) is 12.1. The summed E-state index contributed by atoms with van der Waals surface area (Å²) in [7, 11) is 0. The second-order valence-corrected chi connectivity index (χ2v) is 5.56. The summed E-state index contributed by atoms with van der Waals surface area (Å²) in [5.74, 6) is 0.113. The number of rotatable bonds is 4. The number of piperazine rings is 1. The van der Waals surface area contributed by atoms with Crippen molar-refractivity contribution >= 4 is 12.0 Å². The number of hydrogen-bond acceptors (Lipinski definition) is 4. The van der Waals surface area contributed by atoms with Gasteiger partial charge in [0.2, 0.25) is 5.91 Å². The average molecular weight is 271 g/mol. The van der Waals surface area contributed by atoms with Gasteiger partial charge in [-0.05, 0) is 27.2 Å². The number of amides is 2. The first-order chi connectivity index (χ1) is 8.83. The number of carbonyl (C=O) groups excluding carboxylic acids is 2. The Morgan fingerprint density at radius 3 is 2.16 bits per heavy atom. The lowest BCUT2D eigenvalue weighted by Crippen LogP contribution is -2.51. The van der Waals surface area contributed by atoms with Crippen LogP contribution in [0.2, 0.25) is 0 Å². The summed E-state index contributed by atoms with van der Waals surface area (Å²) in [5.41, 5.74) is 5.55. The number of carbonyl (C=O) groups is 2. The van der Waals surface area contributed by atoms with Gasteiger partial charge < -0.3 is 20.3 Å². The zero-order valence-electron chi connectivity index (χ0n) is 12.1. The van der Waals surface area contributed by atoms with E-state index in [0.29, 0.717) is 45.6 Å². The van der Waals surface area contributed by atoms with Crippen LogP contribution in [0, 0.1) is 0 Å². The summed E-state index contributed by atoms with van der Waals surface area (Å²) in [4.78, 5) is 26.9. The Labute approximate surface area is 114 Å². The van der Waals surface area contributed by atoms with Crippen molar-refractivity contribution in [2.45, 2.75) is 39.2 Å². The highest BCUT2D eigenvalue weighted by molar-refractivity contribution is 5.76. The molecule has 1 heterocycles. The summed E-state index contributed by atoms with van der Waals surface area (Å²) in [6.07, 6.45) is 0.838. The van der Waals surface area contributed by atoms with E-state index in [1.807, 2.05) is 13.8 Å². The number of hydrogen-bond donors (Lipinski definition) is 1. The third-order valence-corrected chi connectivity index (χ3v) is 3.14. The van der Waals surface area contributed by atoms with E-state index in [4.69, 9.17) is 10.5 Å². The molecular formula is C13H25N3O3. The number of nitrogens with zero attached hydrogens (tertiary/aromatic N) is 2. The SMILES string of the molecule is CCOC(=O)N1CCN(C(=O)CCC(C)(C)N)CC1. The molecule has 6 nitrogen and oxygen atoms in total. The standard InChI is InChI=1S/C13H25N3O3/c1-4-19-12(18)16-9-7-15(8-10-16)11(17)5-6-13(2,3)14/h4-10,14H2,1-3H3. The maximum atomic E-state index is 12.0. The lowest BCUT2D eigenvalue weighted by Gasteiger charge is -2.34. The van der Waals surface area contributed by atoms with Crippen LogP contribution in [-0.4, -0.2) is 60.1 Å². The predicted molar refractivity (Wildman–Crippen MR) is 72.7 cm³/mol. The van der Waals surface area contributed by atoms with E-state index in [1.165, 1.54) is 0 Å². The van der Waals surface area contributed by atoms with Gasteiger partial charge in [-0.15, -0.1) is 0 Å². The summed E-state index contributed by atoms with van der Waals surface area (Å²) in [6, 6.07) is 0. The molecule has 1 saturated heterocycles. The van der Waals surface area contributed by atoms with Crippen molar-refractivity contribution in [1.29, 1.82) is 0 Å². The molecule has 1 fully saturated rings. The third-order valence-electron chi connectivity index (χ3n) is 3.14. The van der Waals surface area contributed by atoms with Crippen LogP contribution in [-0.2, 0) is 9.53 Å². The fraction of sp³-hybridized carbons (Fsp3) is 0.846. The molecule has 2 amide bonds. The summed E-state index contributed by atoms with van der Waals surface area (Å²) < 4.78 is 4.94. The highest BCUT2D eigenvalue weighted by atomic mass is 16.6. The van der Waals surface area contributed by atoms with Gasteiger partial charge >= 0.3 is 6.09 Å². The summed E-state index contributed by atoms with van der Waals surface area (Å²) in [6.45, 7) is 8.21. The van der Waals surface area contributed by atoms with Crippen LogP contribution in [0.3, 0.4) is 0 Å². The molecule has 0 unspecified atom stereocenters. The maximum Gasteiger partial charge on any atom is 0.409 e. The van der Waals surface area contributed by atoms with E-state index in [0.717, 1.165) is 0 Å². The number of ether oxygens (including phenoxy) is 1. The fourth-order valence-electron chi connectivity index (χ4n) is 1.94. The van der Waals surface area contributed by atoms with Crippen LogP contribution in [0.5, 0.6) is 0 Å². The zero-order chi connectivity index (χ0) is 14.5. The Morgan fingerprint density at radius 1 is 1.16 bits per heavy atom. The van der Waals surface area contributed by atoms with Crippen molar-refractivity contribution in [3.63, 3.8) is 0 Å². The van der Waals surface area contributed by atoms with Crippen LogP contribution in [0.1, 0.15) is 33.6 Å². The Morgan fingerprint density at radius 2 is 1.68 bits per heavy atom. The van der Waals surface area contributed by atoms with Gasteiger partial charge in [-0.25, -0.2) is 4.79 Å². The lowest BCUT2D eigenvalue weighted by atomic mass is 9.99. The molecule has 0 radical (unpaired) electrons. The van der Waals surface area contributed by atoms with E-state index in [9.17, 15) is 9.59 Å². The first-order valence-corrected chi connectivity index (χ1v) is 6.82. The van der Waals surface area contributed by atoms with Crippen LogP contribution in [0.25, 0.3) is 0 Å². The molecule has 110 valence electrons. The van der Waals surface area contributed by atoms with Crippen molar-refractivity contribution in [1.82, 2.24) is 9.80 Å². The first-order valence-electron chi connectivity index (χ1n) is 6.82. The molecule has 1 aliphatic heterocycles. The Kier molecular flexibility index (Phi) is 5.60. The molecule has 6 heteroatoms. The maximum absolute atomic E-state index is 12.0. The van der Waals surface area contributed by atoms with Gasteiger partial charge in [0.15, 0.2) is 0 Å². The minimum Gasteiger partial charge on any atom is -0.450 e. The Hall–Kier alpha value is -1.30. The van der Waals surface area contributed by atoms with Crippen molar-refractivity contribution in [3.8, 4) is 0 Å². The molecule has 0 aromatic heterocycles. The highest BCUT2D eigenvalue weighted by Gasteiger charge is 2.25. The molecule has 0 aromatic rings. The van der Waals surface area contributed by atoms with Crippen LogP contribution >= 0.6 is 0 Å². The molecule has 19 heavy (non-hydrogen) atoms. The topological polar surface area (TPSA) is 75.9 Å². The monoisotopic (exact) mass is 271 g/mol. The van der Waals surface area contributed by atoms with Gasteiger partial charge in [0.1, 0.15) is 0 Å². The first kappa shape index (κ1) is 15.8. The minimum absolute atomic E-state index is 0.113. The normalized spacial score (nSPS) is 16.4. The predicted octanol–water partition coefficient (Wildman–Crippen LogP) is 0.805. The summed E-state index contributed by atoms with van der Waals surface area (Å²) >= 11 is 0. The molecule has 0 spiro atoms. The van der Waals surface area contributed by atoms with Gasteiger partial charge in [0.25, 0.3) is 0 Å². The Balaban J connectivity index is 2.33. The van der Waals surface area contributed by atoms with Crippen LogP contribution in [0.15, 0.2) is 0 Å². The quantitative estimate of drug-likeness (QED) is 0.820.